The van der Waals surface area contributed by atoms with Crippen molar-refractivity contribution >= 4 is 11.9 Å². The van der Waals surface area contributed by atoms with Crippen LogP contribution < -0.4 is 5.32 Å². The van der Waals surface area contributed by atoms with E-state index in [4.69, 9.17) is 10.1 Å². The summed E-state index contributed by atoms with van der Waals surface area (Å²) < 4.78 is 5.64. The lowest BCUT2D eigenvalue weighted by atomic mass is 9.85. The number of nitrogens with zero attached hydrogens (tertiary/aromatic N) is 1. The van der Waals surface area contributed by atoms with E-state index in [0.29, 0.717) is 44.0 Å². The minimum absolute atomic E-state index is 0.139. The van der Waals surface area contributed by atoms with Crippen LogP contribution in [0.1, 0.15) is 39.2 Å². The van der Waals surface area contributed by atoms with Gasteiger partial charge in [0.2, 0.25) is 0 Å². The smallest absolute Gasteiger partial charge is 0.343 e. The molecule has 0 saturated carbocycles. The van der Waals surface area contributed by atoms with Crippen molar-refractivity contribution in [3.05, 3.63) is 35.9 Å². The van der Waals surface area contributed by atoms with Crippen LogP contribution in [0, 0.1) is 11.3 Å². The van der Waals surface area contributed by atoms with Crippen LogP contribution in [0.2, 0.25) is 0 Å². The monoisotopic (exact) mass is 347 g/mol. The maximum atomic E-state index is 12.8. The van der Waals surface area contributed by atoms with Gasteiger partial charge in [0.05, 0.1) is 6.54 Å². The first kappa shape index (κ1) is 19.2. The molecule has 1 aliphatic heterocycles. The Kier molecular flexibility index (Phi) is 6.42. The van der Waals surface area contributed by atoms with E-state index in [1.807, 2.05) is 43.9 Å². The normalized spacial score (nSPS) is 19.6. The van der Waals surface area contributed by atoms with Crippen LogP contribution in [0.5, 0.6) is 0 Å². The second-order valence-electron chi connectivity index (χ2n) is 6.97. The number of rotatable bonds is 6. The molecule has 0 amide bonds. The van der Waals surface area contributed by atoms with Crippen molar-refractivity contribution in [2.45, 2.75) is 45.3 Å². The van der Waals surface area contributed by atoms with Gasteiger partial charge in [0.25, 0.3) is 0 Å². The number of benzene rings is 1. The second kappa shape index (κ2) is 8.34. The number of ether oxygens (including phenoxy) is 1. The predicted molar refractivity (Wildman–Crippen MR) is 97.3 cm³/mol. The molecular weight excluding hydrogens is 318 g/mol. The van der Waals surface area contributed by atoms with Crippen LogP contribution >= 0.6 is 0 Å². The van der Waals surface area contributed by atoms with Crippen LogP contribution in [0.4, 0.5) is 0 Å². The van der Waals surface area contributed by atoms with Crippen molar-refractivity contribution in [2.24, 2.45) is 5.92 Å². The largest absolute Gasteiger partial charge is 0.458 e. The van der Waals surface area contributed by atoms with Gasteiger partial charge in [-0.2, -0.15) is 0 Å². The Morgan fingerprint density at radius 2 is 2.12 bits per heavy atom. The zero-order valence-electron chi connectivity index (χ0n) is 15.3. The maximum absolute atomic E-state index is 12.8. The highest BCUT2D eigenvalue weighted by Gasteiger charge is 2.42. The fourth-order valence-electron chi connectivity index (χ4n) is 3.18. The fraction of sp³-hybridized carbons (Fsp3) is 0.579. The molecule has 1 aromatic carbocycles. The van der Waals surface area contributed by atoms with Crippen LogP contribution in [-0.4, -0.2) is 47.7 Å². The number of hydrogen-bond acceptors (Lipinski definition) is 4. The standard InChI is InChI=1S/C19H29N3O3/c1-4-21-18(20)22-11-10-16(13-22)25-17(23)19(24,12-14(2)3)15-8-6-5-7-9-15/h5-9,14,16,24H,4,10-13H2,1-3H3,(H2,20,21)/t16-,19?/m1/s1. The first-order valence-electron chi connectivity index (χ1n) is 8.93. The average Bonchev–Trinajstić information content (AvgIpc) is 3.04. The number of guanidine groups is 1. The summed E-state index contributed by atoms with van der Waals surface area (Å²) in [6.07, 6.45) is 0.653. The molecule has 1 aromatic rings. The van der Waals surface area contributed by atoms with Gasteiger partial charge in [-0.25, -0.2) is 4.79 Å². The molecule has 6 nitrogen and oxygen atoms in total. The van der Waals surface area contributed by atoms with Crippen LogP contribution in [0.3, 0.4) is 0 Å². The summed E-state index contributed by atoms with van der Waals surface area (Å²) in [5.41, 5.74) is -1.08. The van der Waals surface area contributed by atoms with Gasteiger partial charge in [0, 0.05) is 19.5 Å². The number of carbonyl (C=O) groups excluding carboxylic acids is 1. The molecule has 1 saturated heterocycles. The number of esters is 1. The molecule has 1 unspecified atom stereocenters. The SMILES string of the molecule is CCNC(=N)N1CC[C@@H](OC(=O)C(O)(CC(C)C)c2ccccc2)C1. The van der Waals surface area contributed by atoms with E-state index in [-0.39, 0.29) is 12.0 Å². The molecule has 1 heterocycles. The highest BCUT2D eigenvalue weighted by molar-refractivity contribution is 5.81. The third-order valence-corrected chi connectivity index (χ3v) is 4.37. The van der Waals surface area contributed by atoms with E-state index < -0.39 is 11.6 Å². The molecule has 1 aliphatic rings. The van der Waals surface area contributed by atoms with E-state index in [9.17, 15) is 9.90 Å². The van der Waals surface area contributed by atoms with Crippen molar-refractivity contribution < 1.29 is 14.6 Å². The number of hydrogen-bond donors (Lipinski definition) is 3. The third-order valence-electron chi connectivity index (χ3n) is 4.37. The van der Waals surface area contributed by atoms with Crippen LogP contribution in [0.25, 0.3) is 0 Å². The van der Waals surface area contributed by atoms with Crippen molar-refractivity contribution in [1.29, 1.82) is 5.41 Å². The van der Waals surface area contributed by atoms with Gasteiger partial charge in [-0.3, -0.25) is 5.41 Å². The third kappa shape index (κ3) is 4.72. The van der Waals surface area contributed by atoms with Crippen molar-refractivity contribution in [1.82, 2.24) is 10.2 Å². The molecule has 25 heavy (non-hydrogen) atoms. The lowest BCUT2D eigenvalue weighted by Crippen LogP contribution is -2.42. The summed E-state index contributed by atoms with van der Waals surface area (Å²) in [5, 5.41) is 22.0. The first-order chi connectivity index (χ1) is 11.9. The summed E-state index contributed by atoms with van der Waals surface area (Å²) >= 11 is 0. The first-order valence-corrected chi connectivity index (χ1v) is 8.93. The average molecular weight is 347 g/mol. The Labute approximate surface area is 149 Å². The Hall–Kier alpha value is -2.08. The summed E-state index contributed by atoms with van der Waals surface area (Å²) in [7, 11) is 0. The van der Waals surface area contributed by atoms with Gasteiger partial charge < -0.3 is 20.1 Å². The number of likely N-dealkylation sites (tertiary alicyclic amines) is 1. The van der Waals surface area contributed by atoms with E-state index in [2.05, 4.69) is 5.32 Å². The maximum Gasteiger partial charge on any atom is 0.343 e. The van der Waals surface area contributed by atoms with E-state index in [0.717, 1.165) is 0 Å². The zero-order valence-corrected chi connectivity index (χ0v) is 15.3. The molecule has 1 fully saturated rings. The van der Waals surface area contributed by atoms with Gasteiger partial charge in [-0.05, 0) is 24.8 Å². The quantitative estimate of drug-likeness (QED) is 0.417. The molecule has 3 N–H and O–H groups in total. The molecule has 2 rings (SSSR count). The molecule has 0 radical (unpaired) electrons. The molecule has 2 atom stereocenters. The van der Waals surface area contributed by atoms with Gasteiger partial charge in [-0.15, -0.1) is 0 Å². The number of nitrogens with one attached hydrogen (secondary N) is 2. The molecule has 0 aromatic heterocycles. The van der Waals surface area contributed by atoms with Crippen LogP contribution in [0.15, 0.2) is 30.3 Å². The van der Waals surface area contributed by atoms with Gasteiger partial charge in [0.15, 0.2) is 11.6 Å². The lowest BCUT2D eigenvalue weighted by Gasteiger charge is -2.29. The highest BCUT2D eigenvalue weighted by Crippen LogP contribution is 2.31. The molecule has 6 heteroatoms. The van der Waals surface area contributed by atoms with E-state index >= 15 is 0 Å². The molecule has 138 valence electrons. The van der Waals surface area contributed by atoms with Gasteiger partial charge in [0.1, 0.15) is 6.10 Å². The Balaban J connectivity index is 2.07. The number of aliphatic hydroxyl groups is 1. The molecule has 0 aliphatic carbocycles. The Morgan fingerprint density at radius 3 is 2.72 bits per heavy atom. The van der Waals surface area contributed by atoms with Crippen molar-refractivity contribution in [3.63, 3.8) is 0 Å². The van der Waals surface area contributed by atoms with E-state index in [1.54, 1.807) is 12.1 Å². The molecular formula is C19H29N3O3. The van der Waals surface area contributed by atoms with E-state index in [1.165, 1.54) is 0 Å². The topological polar surface area (TPSA) is 85.7 Å². The summed E-state index contributed by atoms with van der Waals surface area (Å²) in [6.45, 7) is 7.70. The second-order valence-corrected chi connectivity index (χ2v) is 6.97. The lowest BCUT2D eigenvalue weighted by molar-refractivity contribution is -0.173. The van der Waals surface area contributed by atoms with Crippen molar-refractivity contribution in [2.75, 3.05) is 19.6 Å². The minimum atomic E-state index is -1.64. The Bertz CT molecular complexity index is 591. The highest BCUT2D eigenvalue weighted by atomic mass is 16.6. The van der Waals surface area contributed by atoms with Crippen LogP contribution in [-0.2, 0) is 15.1 Å². The van der Waals surface area contributed by atoms with Gasteiger partial charge in [-0.1, -0.05) is 44.2 Å². The summed E-state index contributed by atoms with van der Waals surface area (Å²) in [5.74, 6) is -0.115. The zero-order chi connectivity index (χ0) is 18.4. The van der Waals surface area contributed by atoms with Gasteiger partial charge >= 0.3 is 5.97 Å². The number of carbonyl (C=O) groups is 1. The Morgan fingerprint density at radius 1 is 1.44 bits per heavy atom. The summed E-state index contributed by atoms with van der Waals surface area (Å²) in [6, 6.07) is 8.98. The molecule has 0 bridgehead atoms. The molecule has 0 spiro atoms. The van der Waals surface area contributed by atoms with Crippen molar-refractivity contribution in [3.8, 4) is 0 Å². The minimum Gasteiger partial charge on any atom is -0.458 e. The summed E-state index contributed by atoms with van der Waals surface area (Å²) in [4.78, 5) is 14.7. The predicted octanol–water partition coefficient (Wildman–Crippen LogP) is 2.08. The fourth-order valence-corrected chi connectivity index (χ4v) is 3.18.